The van der Waals surface area contributed by atoms with E-state index in [1.807, 2.05) is 0 Å². The lowest BCUT2D eigenvalue weighted by molar-refractivity contribution is -0.153. The van der Waals surface area contributed by atoms with Crippen LogP contribution in [-0.2, 0) is 32.7 Å². The van der Waals surface area contributed by atoms with E-state index in [9.17, 15) is 19.0 Å². The summed E-state index contributed by atoms with van der Waals surface area (Å²) >= 11 is 0. The van der Waals surface area contributed by atoms with Gasteiger partial charge in [-0.25, -0.2) is 4.57 Å². The molecule has 0 fully saturated rings. The molecule has 0 aromatic carbocycles. The maximum absolute atomic E-state index is 11.7. The first-order valence-corrected chi connectivity index (χ1v) is 10.7. The smallest absolute Gasteiger partial charge is 0.465 e. The third-order valence-electron chi connectivity index (χ3n) is 3.28. The number of phosphoric ester groups is 1. The number of hydrogen-bond acceptors (Lipinski definition) is 7. The van der Waals surface area contributed by atoms with Crippen molar-refractivity contribution < 1.29 is 37.6 Å². The van der Waals surface area contributed by atoms with Gasteiger partial charge in [-0.2, -0.15) is 0 Å². The monoisotopic (exact) mass is 410 g/mol. The Bertz CT molecular complexity index is 462. The molecule has 9 heteroatoms. The van der Waals surface area contributed by atoms with Gasteiger partial charge in [0.2, 0.25) is 0 Å². The minimum atomic E-state index is -4.10. The van der Waals surface area contributed by atoms with E-state index in [2.05, 4.69) is 0 Å². The Hall–Kier alpha value is -0.950. The van der Waals surface area contributed by atoms with Crippen LogP contribution < -0.4 is 0 Å². The van der Waals surface area contributed by atoms with E-state index < -0.39 is 18.7 Å². The summed E-state index contributed by atoms with van der Waals surface area (Å²) in [6.45, 7) is 11.2. The normalized spacial score (nSPS) is 12.7. The highest BCUT2D eigenvalue weighted by atomic mass is 31.2. The van der Waals surface area contributed by atoms with Gasteiger partial charge in [-0.05, 0) is 67.2 Å². The van der Waals surface area contributed by atoms with Crippen molar-refractivity contribution in [2.75, 3.05) is 26.4 Å². The summed E-state index contributed by atoms with van der Waals surface area (Å²) in [7, 11) is -4.10. The largest absolute Gasteiger partial charge is 0.472 e. The predicted octanol–water partition coefficient (Wildman–Crippen LogP) is 3.86. The molecule has 1 N–H and O–H groups in total. The molecule has 160 valence electrons. The minimum absolute atomic E-state index is 0.0318. The lowest BCUT2D eigenvalue weighted by atomic mass is 9.97. The van der Waals surface area contributed by atoms with Crippen molar-refractivity contribution in [1.29, 1.82) is 0 Å². The molecule has 0 aromatic heterocycles. The van der Waals surface area contributed by atoms with E-state index in [0.717, 1.165) is 0 Å². The number of phosphoric acid groups is 1. The van der Waals surface area contributed by atoms with Gasteiger partial charge in [-0.15, -0.1) is 0 Å². The van der Waals surface area contributed by atoms with Crippen LogP contribution in [0.3, 0.4) is 0 Å². The van der Waals surface area contributed by atoms with Gasteiger partial charge in [0.05, 0.1) is 37.3 Å². The molecule has 0 unspecified atom stereocenters. The van der Waals surface area contributed by atoms with Crippen LogP contribution >= 0.6 is 7.82 Å². The van der Waals surface area contributed by atoms with E-state index in [-0.39, 0.29) is 38.4 Å². The molecule has 0 aliphatic rings. The second-order valence-corrected chi connectivity index (χ2v) is 9.77. The predicted molar refractivity (Wildman–Crippen MR) is 101 cm³/mol. The van der Waals surface area contributed by atoms with Crippen molar-refractivity contribution in [3.63, 3.8) is 0 Å². The number of esters is 2. The van der Waals surface area contributed by atoms with E-state index in [1.165, 1.54) is 0 Å². The number of hydrogen-bond donors (Lipinski definition) is 1. The molecular weight excluding hydrogens is 375 g/mol. The van der Waals surface area contributed by atoms with Crippen molar-refractivity contribution in [3.8, 4) is 0 Å². The summed E-state index contributed by atoms with van der Waals surface area (Å²) in [6, 6.07) is 0. The molecule has 0 aliphatic heterocycles. The maximum Gasteiger partial charge on any atom is 0.472 e. The second kappa shape index (κ2) is 11.8. The number of ether oxygens (including phenoxy) is 2. The molecule has 0 aromatic rings. The van der Waals surface area contributed by atoms with Crippen molar-refractivity contribution >= 4 is 19.8 Å². The van der Waals surface area contributed by atoms with Crippen LogP contribution in [0.25, 0.3) is 0 Å². The molecule has 8 nitrogen and oxygen atoms in total. The van der Waals surface area contributed by atoms with Gasteiger partial charge in [-0.3, -0.25) is 18.6 Å². The third kappa shape index (κ3) is 13.8. The Kier molecular flexibility index (Phi) is 11.4. The quantitative estimate of drug-likeness (QED) is 0.293. The van der Waals surface area contributed by atoms with Crippen LogP contribution in [0, 0.1) is 10.8 Å². The minimum Gasteiger partial charge on any atom is -0.465 e. The van der Waals surface area contributed by atoms with Crippen LogP contribution in [0.5, 0.6) is 0 Å². The molecule has 0 aliphatic carbocycles. The van der Waals surface area contributed by atoms with E-state index in [1.54, 1.807) is 41.5 Å². The van der Waals surface area contributed by atoms with Gasteiger partial charge in [0.15, 0.2) is 0 Å². The summed E-state index contributed by atoms with van der Waals surface area (Å²) < 4.78 is 31.6. The average Bonchev–Trinajstić information content (AvgIpc) is 2.51. The molecule has 0 amide bonds. The fourth-order valence-corrected chi connectivity index (χ4v) is 2.36. The van der Waals surface area contributed by atoms with Crippen LogP contribution in [0.2, 0.25) is 0 Å². The van der Waals surface area contributed by atoms with Crippen molar-refractivity contribution in [2.24, 2.45) is 10.8 Å². The van der Waals surface area contributed by atoms with E-state index in [0.29, 0.717) is 25.7 Å². The van der Waals surface area contributed by atoms with Gasteiger partial charge < -0.3 is 14.4 Å². The molecule has 0 saturated carbocycles. The van der Waals surface area contributed by atoms with Crippen molar-refractivity contribution in [1.82, 2.24) is 0 Å². The van der Waals surface area contributed by atoms with Gasteiger partial charge in [0.25, 0.3) is 0 Å². The number of unbranched alkanes of at least 4 members (excludes halogenated alkanes) is 2. The summed E-state index contributed by atoms with van der Waals surface area (Å²) in [6.07, 6.45) is 1.99. The molecule has 27 heavy (non-hydrogen) atoms. The Morgan fingerprint density at radius 2 is 1.00 bits per heavy atom. The molecule has 0 atom stereocenters. The molecule has 0 radical (unpaired) electrons. The SMILES string of the molecule is CC(C)(C)C(=O)OCCCCOP(=O)(O)OCCCCOC(=O)C(C)(C)C. The Morgan fingerprint density at radius 1 is 0.704 bits per heavy atom. The van der Waals surface area contributed by atoms with E-state index >= 15 is 0 Å². The van der Waals surface area contributed by atoms with Crippen LogP contribution in [-0.4, -0.2) is 43.3 Å². The Balaban J connectivity index is 3.71. The first-order valence-electron chi connectivity index (χ1n) is 9.22. The molecule has 0 heterocycles. The zero-order valence-corrected chi connectivity index (χ0v) is 18.3. The third-order valence-corrected chi connectivity index (χ3v) is 4.29. The second-order valence-electron chi connectivity index (χ2n) is 8.32. The first kappa shape index (κ1) is 26.1. The standard InChI is InChI=1S/C18H35O8P/c1-17(2,3)15(19)23-11-7-9-13-25-27(21,22)26-14-10-8-12-24-16(20)18(4,5)6/h7-14H2,1-6H3,(H,21,22). The van der Waals surface area contributed by atoms with Gasteiger partial charge in [0.1, 0.15) is 0 Å². The van der Waals surface area contributed by atoms with Crippen LogP contribution in [0.1, 0.15) is 67.2 Å². The summed E-state index contributed by atoms with van der Waals surface area (Å²) in [4.78, 5) is 32.7. The maximum atomic E-state index is 11.7. The van der Waals surface area contributed by atoms with Gasteiger partial charge in [0, 0.05) is 0 Å². The topological polar surface area (TPSA) is 108 Å². The molecule has 0 bridgehead atoms. The van der Waals surface area contributed by atoms with Crippen molar-refractivity contribution in [3.05, 3.63) is 0 Å². The van der Waals surface area contributed by atoms with Crippen molar-refractivity contribution in [2.45, 2.75) is 67.2 Å². The molecule has 0 rings (SSSR count). The zero-order chi connectivity index (χ0) is 21.1. The van der Waals surface area contributed by atoms with E-state index in [4.69, 9.17) is 18.5 Å². The number of carbonyl (C=O) groups is 2. The molecule has 0 saturated heterocycles. The zero-order valence-electron chi connectivity index (χ0n) is 17.4. The first-order chi connectivity index (χ1) is 12.3. The Labute approximate surface area is 162 Å². The highest BCUT2D eigenvalue weighted by Crippen LogP contribution is 2.43. The lowest BCUT2D eigenvalue weighted by Gasteiger charge is -2.17. The van der Waals surface area contributed by atoms with Gasteiger partial charge in [-0.1, -0.05) is 0 Å². The van der Waals surface area contributed by atoms with Gasteiger partial charge >= 0.3 is 19.8 Å². The highest BCUT2D eigenvalue weighted by Gasteiger charge is 2.24. The number of rotatable bonds is 12. The summed E-state index contributed by atoms with van der Waals surface area (Å²) in [5.41, 5.74) is -1.09. The van der Waals surface area contributed by atoms with Crippen LogP contribution in [0.15, 0.2) is 0 Å². The van der Waals surface area contributed by atoms with Crippen LogP contribution in [0.4, 0.5) is 0 Å². The number of carbonyl (C=O) groups excluding carboxylic acids is 2. The highest BCUT2D eigenvalue weighted by molar-refractivity contribution is 7.47. The molecule has 0 spiro atoms. The summed E-state index contributed by atoms with van der Waals surface area (Å²) in [5, 5.41) is 0. The fourth-order valence-electron chi connectivity index (χ4n) is 1.57. The average molecular weight is 410 g/mol. The lowest BCUT2D eigenvalue weighted by Crippen LogP contribution is -2.23. The molecular formula is C18H35O8P. The summed E-state index contributed by atoms with van der Waals surface area (Å²) in [5.74, 6) is -0.569. The Morgan fingerprint density at radius 3 is 1.30 bits per heavy atom. The fraction of sp³-hybridized carbons (Fsp3) is 0.889.